The zero-order chi connectivity index (χ0) is 15.3. The molecule has 0 atom stereocenters. The number of hydrogen-bond acceptors (Lipinski definition) is 4. The van der Waals surface area contributed by atoms with E-state index < -0.39 is 10.2 Å². The average molecular weight is 309 g/mol. The first-order valence-electron chi connectivity index (χ1n) is 6.77. The standard InChI is InChI=1S/C13H19N5O2S/c1-3-17(4-2)21(19,20)16-11-12-7-5-8-14-13(12)18-10-6-9-15-18/h5-10,16H,3-4,11H2,1-2H3. The highest BCUT2D eigenvalue weighted by atomic mass is 32.2. The number of hydrogen-bond donors (Lipinski definition) is 1. The Kier molecular flexibility index (Phi) is 5.05. The van der Waals surface area contributed by atoms with Gasteiger partial charge in [0.1, 0.15) is 0 Å². The van der Waals surface area contributed by atoms with Crippen LogP contribution in [-0.2, 0) is 16.8 Å². The maximum Gasteiger partial charge on any atom is 0.279 e. The Morgan fingerprint density at radius 1 is 1.24 bits per heavy atom. The summed E-state index contributed by atoms with van der Waals surface area (Å²) in [5, 5.41) is 4.13. The van der Waals surface area contributed by atoms with Gasteiger partial charge in [-0.1, -0.05) is 19.9 Å². The zero-order valence-corrected chi connectivity index (χ0v) is 12.9. The largest absolute Gasteiger partial charge is 0.279 e. The molecular formula is C13H19N5O2S. The number of aromatic nitrogens is 3. The fraction of sp³-hybridized carbons (Fsp3) is 0.385. The van der Waals surface area contributed by atoms with Crippen molar-refractivity contribution in [1.82, 2.24) is 23.8 Å². The molecule has 0 radical (unpaired) electrons. The molecule has 7 nitrogen and oxygen atoms in total. The van der Waals surface area contributed by atoms with E-state index in [1.54, 1.807) is 35.4 Å². The van der Waals surface area contributed by atoms with Crippen LogP contribution in [-0.4, -0.2) is 40.6 Å². The molecule has 0 saturated carbocycles. The van der Waals surface area contributed by atoms with Crippen molar-refractivity contribution >= 4 is 10.2 Å². The number of nitrogens with one attached hydrogen (secondary N) is 1. The van der Waals surface area contributed by atoms with Crippen LogP contribution in [0.4, 0.5) is 0 Å². The summed E-state index contributed by atoms with van der Waals surface area (Å²) >= 11 is 0. The SMILES string of the molecule is CCN(CC)S(=O)(=O)NCc1cccnc1-n1cccn1. The predicted octanol–water partition coefficient (Wildman–Crippen LogP) is 0.943. The monoisotopic (exact) mass is 309 g/mol. The molecule has 2 aromatic rings. The maximum absolute atomic E-state index is 12.1. The molecule has 8 heteroatoms. The fourth-order valence-corrected chi connectivity index (χ4v) is 3.19. The van der Waals surface area contributed by atoms with E-state index in [1.807, 2.05) is 19.9 Å². The molecule has 0 saturated heterocycles. The summed E-state index contributed by atoms with van der Waals surface area (Å²) in [4.78, 5) is 4.26. The molecular weight excluding hydrogens is 290 g/mol. The lowest BCUT2D eigenvalue weighted by Crippen LogP contribution is -2.40. The summed E-state index contributed by atoms with van der Waals surface area (Å²) in [7, 11) is -3.48. The minimum absolute atomic E-state index is 0.169. The fourth-order valence-electron chi connectivity index (χ4n) is 1.99. The summed E-state index contributed by atoms with van der Waals surface area (Å²) < 4.78 is 29.9. The molecule has 0 bridgehead atoms. The van der Waals surface area contributed by atoms with Crippen LogP contribution >= 0.6 is 0 Å². The van der Waals surface area contributed by atoms with E-state index >= 15 is 0 Å². The maximum atomic E-state index is 12.1. The molecule has 2 aromatic heterocycles. The van der Waals surface area contributed by atoms with Gasteiger partial charge in [0.25, 0.3) is 10.2 Å². The van der Waals surface area contributed by atoms with Crippen molar-refractivity contribution in [2.45, 2.75) is 20.4 Å². The predicted molar refractivity (Wildman–Crippen MR) is 80.0 cm³/mol. The molecule has 0 spiro atoms. The second kappa shape index (κ2) is 6.79. The number of nitrogens with zero attached hydrogens (tertiary/aromatic N) is 4. The normalized spacial score (nSPS) is 12.0. The highest BCUT2D eigenvalue weighted by molar-refractivity contribution is 7.87. The van der Waals surface area contributed by atoms with Crippen LogP contribution in [0.2, 0.25) is 0 Å². The Bertz CT molecular complexity index is 666. The lowest BCUT2D eigenvalue weighted by atomic mass is 10.2. The Labute approximate surface area is 124 Å². The first kappa shape index (κ1) is 15.6. The summed E-state index contributed by atoms with van der Waals surface area (Å²) in [5.41, 5.74) is 0.761. The van der Waals surface area contributed by atoms with Crippen molar-refractivity contribution in [1.29, 1.82) is 0 Å². The van der Waals surface area contributed by atoms with Crippen LogP contribution in [0.25, 0.3) is 5.82 Å². The van der Waals surface area contributed by atoms with E-state index in [0.29, 0.717) is 18.9 Å². The lowest BCUT2D eigenvalue weighted by Gasteiger charge is -2.19. The Hall–Kier alpha value is -1.77. The number of pyridine rings is 1. The van der Waals surface area contributed by atoms with Crippen molar-refractivity contribution in [3.63, 3.8) is 0 Å². The second-order valence-electron chi connectivity index (χ2n) is 4.35. The van der Waals surface area contributed by atoms with Crippen LogP contribution in [0.1, 0.15) is 19.4 Å². The van der Waals surface area contributed by atoms with Gasteiger partial charge in [-0.2, -0.15) is 22.5 Å². The van der Waals surface area contributed by atoms with E-state index in [1.165, 1.54) is 4.31 Å². The molecule has 0 aromatic carbocycles. The van der Waals surface area contributed by atoms with Gasteiger partial charge in [-0.25, -0.2) is 9.67 Å². The Morgan fingerprint density at radius 3 is 2.62 bits per heavy atom. The van der Waals surface area contributed by atoms with Gasteiger partial charge in [0.15, 0.2) is 5.82 Å². The Morgan fingerprint density at radius 2 is 2.00 bits per heavy atom. The van der Waals surface area contributed by atoms with Gasteiger partial charge in [-0.15, -0.1) is 0 Å². The third kappa shape index (κ3) is 3.66. The molecule has 0 aliphatic heterocycles. The van der Waals surface area contributed by atoms with Gasteiger partial charge in [-0.3, -0.25) is 0 Å². The summed E-state index contributed by atoms with van der Waals surface area (Å²) in [6.07, 6.45) is 5.07. The van der Waals surface area contributed by atoms with Gasteiger partial charge in [0.2, 0.25) is 0 Å². The van der Waals surface area contributed by atoms with E-state index in [0.717, 1.165) is 5.56 Å². The summed E-state index contributed by atoms with van der Waals surface area (Å²) in [6, 6.07) is 5.39. The van der Waals surface area contributed by atoms with Gasteiger partial charge in [-0.05, 0) is 12.1 Å². The van der Waals surface area contributed by atoms with Crippen molar-refractivity contribution in [3.05, 3.63) is 42.4 Å². The first-order chi connectivity index (χ1) is 10.1. The van der Waals surface area contributed by atoms with Crippen molar-refractivity contribution in [3.8, 4) is 5.82 Å². The molecule has 2 rings (SSSR count). The third-order valence-electron chi connectivity index (χ3n) is 3.08. The third-order valence-corrected chi connectivity index (χ3v) is 4.78. The summed E-state index contributed by atoms with van der Waals surface area (Å²) in [6.45, 7) is 4.65. The molecule has 0 unspecified atom stereocenters. The topological polar surface area (TPSA) is 80.1 Å². The molecule has 114 valence electrons. The minimum atomic E-state index is -3.48. The average Bonchev–Trinajstić information content (AvgIpc) is 3.00. The van der Waals surface area contributed by atoms with Gasteiger partial charge >= 0.3 is 0 Å². The number of rotatable bonds is 7. The van der Waals surface area contributed by atoms with E-state index in [4.69, 9.17) is 0 Å². The quantitative estimate of drug-likeness (QED) is 0.825. The summed E-state index contributed by atoms with van der Waals surface area (Å²) in [5.74, 6) is 0.616. The van der Waals surface area contributed by atoms with Crippen molar-refractivity contribution in [2.24, 2.45) is 0 Å². The van der Waals surface area contributed by atoms with Crippen LogP contribution in [0.5, 0.6) is 0 Å². The molecule has 1 N–H and O–H groups in total. The van der Waals surface area contributed by atoms with Crippen LogP contribution in [0.15, 0.2) is 36.8 Å². The van der Waals surface area contributed by atoms with Crippen LogP contribution in [0, 0.1) is 0 Å². The van der Waals surface area contributed by atoms with E-state index in [2.05, 4.69) is 14.8 Å². The van der Waals surface area contributed by atoms with Crippen molar-refractivity contribution in [2.75, 3.05) is 13.1 Å². The van der Waals surface area contributed by atoms with Gasteiger partial charge in [0, 0.05) is 43.8 Å². The van der Waals surface area contributed by atoms with Gasteiger partial charge in [0.05, 0.1) is 0 Å². The molecule has 0 fully saturated rings. The van der Waals surface area contributed by atoms with Crippen molar-refractivity contribution < 1.29 is 8.42 Å². The van der Waals surface area contributed by atoms with E-state index in [9.17, 15) is 8.42 Å². The molecule has 0 amide bonds. The van der Waals surface area contributed by atoms with E-state index in [-0.39, 0.29) is 6.54 Å². The molecule has 0 aliphatic rings. The Balaban J connectivity index is 2.18. The molecule has 21 heavy (non-hydrogen) atoms. The minimum Gasteiger partial charge on any atom is -0.237 e. The van der Waals surface area contributed by atoms with Crippen LogP contribution < -0.4 is 4.72 Å². The highest BCUT2D eigenvalue weighted by Crippen LogP contribution is 2.10. The first-order valence-corrected chi connectivity index (χ1v) is 8.21. The smallest absolute Gasteiger partial charge is 0.237 e. The highest BCUT2D eigenvalue weighted by Gasteiger charge is 2.18. The van der Waals surface area contributed by atoms with Crippen LogP contribution in [0.3, 0.4) is 0 Å². The zero-order valence-electron chi connectivity index (χ0n) is 12.1. The molecule has 2 heterocycles. The molecule has 0 aliphatic carbocycles. The second-order valence-corrected chi connectivity index (χ2v) is 6.10. The lowest BCUT2D eigenvalue weighted by molar-refractivity contribution is 0.434. The van der Waals surface area contributed by atoms with Gasteiger partial charge < -0.3 is 0 Å².